The van der Waals surface area contributed by atoms with Crippen molar-refractivity contribution in [2.75, 3.05) is 6.54 Å². The highest BCUT2D eigenvalue weighted by Gasteiger charge is 2.25. The lowest BCUT2D eigenvalue weighted by atomic mass is 9.76. The number of nitrogens with two attached hydrogens (primary N) is 1. The molecule has 0 saturated carbocycles. The molecule has 0 spiro atoms. The average molecular weight is 176 g/mol. The maximum atomic E-state index is 5.85. The van der Waals surface area contributed by atoms with E-state index in [1.165, 1.54) is 5.56 Å². The third-order valence-electron chi connectivity index (χ3n) is 3.06. The summed E-state index contributed by atoms with van der Waals surface area (Å²) in [6.45, 7) is 5.12. The Labute approximate surface area is 81.0 Å². The lowest BCUT2D eigenvalue weighted by molar-refractivity contribution is 0.407. The van der Waals surface area contributed by atoms with Crippen molar-refractivity contribution in [2.45, 2.75) is 32.1 Å². The summed E-state index contributed by atoms with van der Waals surface area (Å²) in [7, 11) is 0. The first-order chi connectivity index (χ1) is 6.29. The van der Waals surface area contributed by atoms with Gasteiger partial charge in [0.1, 0.15) is 0 Å². The number of rotatable bonds is 4. The molecular weight excluding hydrogens is 158 g/mol. The van der Waals surface area contributed by atoms with Crippen molar-refractivity contribution in [2.24, 2.45) is 5.73 Å². The first-order valence-electron chi connectivity index (χ1n) is 4.95. The third kappa shape index (κ3) is 1.92. The summed E-state index contributed by atoms with van der Waals surface area (Å²) in [5.74, 6) is 0. The van der Waals surface area contributed by atoms with E-state index in [1.807, 2.05) is 12.1 Å². The Bertz CT molecular complexity index is 228. The van der Waals surface area contributed by atoms with E-state index >= 15 is 0 Å². The molecule has 1 aromatic carbocycles. The van der Waals surface area contributed by atoms with Gasteiger partial charge in [-0.05, 0) is 24.5 Å². The van der Waals surface area contributed by atoms with Crippen molar-refractivity contribution in [3.8, 4) is 0 Å². The lowest BCUT2D eigenvalue weighted by Crippen LogP contribution is -2.33. The summed E-state index contributed by atoms with van der Waals surface area (Å²) in [4.78, 5) is 0. The minimum atomic E-state index is 0.164. The zero-order valence-corrected chi connectivity index (χ0v) is 8.51. The van der Waals surface area contributed by atoms with Gasteiger partial charge in [0.2, 0.25) is 0 Å². The van der Waals surface area contributed by atoms with Crippen LogP contribution in [0, 0.1) is 6.07 Å². The monoisotopic (exact) mass is 176 g/mol. The second-order valence-electron chi connectivity index (χ2n) is 3.48. The number of hydrogen-bond acceptors (Lipinski definition) is 1. The molecule has 71 valence electrons. The van der Waals surface area contributed by atoms with Gasteiger partial charge in [-0.1, -0.05) is 38.1 Å². The van der Waals surface area contributed by atoms with E-state index < -0.39 is 0 Å². The second kappa shape index (κ2) is 4.43. The topological polar surface area (TPSA) is 26.0 Å². The van der Waals surface area contributed by atoms with Crippen LogP contribution in [0.1, 0.15) is 32.3 Å². The maximum absolute atomic E-state index is 5.85. The van der Waals surface area contributed by atoms with Crippen LogP contribution in [0.4, 0.5) is 0 Å². The van der Waals surface area contributed by atoms with Gasteiger partial charge in [0.05, 0.1) is 0 Å². The van der Waals surface area contributed by atoms with E-state index in [0.29, 0.717) is 0 Å². The van der Waals surface area contributed by atoms with Gasteiger partial charge in [-0.2, -0.15) is 0 Å². The van der Waals surface area contributed by atoms with E-state index in [2.05, 4.69) is 32.0 Å². The van der Waals surface area contributed by atoms with Crippen molar-refractivity contribution in [3.63, 3.8) is 0 Å². The lowest BCUT2D eigenvalue weighted by Gasteiger charge is -2.30. The molecule has 1 radical (unpaired) electrons. The molecule has 0 unspecified atom stereocenters. The van der Waals surface area contributed by atoms with Gasteiger partial charge in [-0.15, -0.1) is 0 Å². The minimum absolute atomic E-state index is 0.164. The first kappa shape index (κ1) is 10.3. The van der Waals surface area contributed by atoms with Crippen LogP contribution in [0.3, 0.4) is 0 Å². The highest BCUT2D eigenvalue weighted by molar-refractivity contribution is 5.24. The Kier molecular flexibility index (Phi) is 3.49. The van der Waals surface area contributed by atoms with Crippen molar-refractivity contribution < 1.29 is 0 Å². The second-order valence-corrected chi connectivity index (χ2v) is 3.48. The molecule has 0 aliphatic carbocycles. The van der Waals surface area contributed by atoms with Gasteiger partial charge in [0, 0.05) is 12.0 Å². The van der Waals surface area contributed by atoms with Crippen LogP contribution >= 0.6 is 0 Å². The molecule has 0 aromatic heterocycles. The quantitative estimate of drug-likeness (QED) is 0.749. The van der Waals surface area contributed by atoms with Crippen LogP contribution in [0.2, 0.25) is 0 Å². The molecule has 0 heterocycles. The maximum Gasteiger partial charge on any atom is 0.00705 e. The molecule has 0 aliphatic rings. The summed E-state index contributed by atoms with van der Waals surface area (Å²) in [6.07, 6.45) is 2.19. The molecule has 0 aliphatic heterocycles. The molecule has 1 rings (SSSR count). The summed E-state index contributed by atoms with van der Waals surface area (Å²) in [5, 5.41) is 0. The average Bonchev–Trinajstić information content (AvgIpc) is 2.23. The largest absolute Gasteiger partial charge is 0.330 e. The Morgan fingerprint density at radius 3 is 2.46 bits per heavy atom. The van der Waals surface area contributed by atoms with Crippen molar-refractivity contribution in [1.82, 2.24) is 0 Å². The fourth-order valence-electron chi connectivity index (χ4n) is 1.79. The van der Waals surface area contributed by atoms with Crippen LogP contribution in [0.25, 0.3) is 0 Å². The van der Waals surface area contributed by atoms with Gasteiger partial charge < -0.3 is 5.73 Å². The van der Waals surface area contributed by atoms with Crippen molar-refractivity contribution >= 4 is 0 Å². The zero-order valence-electron chi connectivity index (χ0n) is 8.51. The summed E-state index contributed by atoms with van der Waals surface area (Å²) in [6, 6.07) is 11.3. The molecule has 1 aromatic rings. The van der Waals surface area contributed by atoms with E-state index in [0.717, 1.165) is 19.4 Å². The molecule has 0 fully saturated rings. The molecule has 0 bridgehead atoms. The Hall–Kier alpha value is -0.820. The Morgan fingerprint density at radius 2 is 2.08 bits per heavy atom. The van der Waals surface area contributed by atoms with Gasteiger partial charge >= 0.3 is 0 Å². The van der Waals surface area contributed by atoms with E-state index in [9.17, 15) is 0 Å². The van der Waals surface area contributed by atoms with E-state index in [4.69, 9.17) is 5.73 Å². The minimum Gasteiger partial charge on any atom is -0.330 e. The fourth-order valence-corrected chi connectivity index (χ4v) is 1.79. The highest BCUT2D eigenvalue weighted by atomic mass is 14.6. The van der Waals surface area contributed by atoms with Crippen molar-refractivity contribution in [1.29, 1.82) is 0 Å². The van der Waals surface area contributed by atoms with Crippen LogP contribution in [-0.4, -0.2) is 6.54 Å². The highest BCUT2D eigenvalue weighted by Crippen LogP contribution is 2.29. The van der Waals surface area contributed by atoms with Crippen LogP contribution in [-0.2, 0) is 5.41 Å². The SMILES string of the molecule is CCC(CC)(CN)c1c[c]ccc1. The molecule has 0 saturated heterocycles. The predicted molar refractivity (Wildman–Crippen MR) is 56.6 cm³/mol. The van der Waals surface area contributed by atoms with Gasteiger partial charge in [-0.25, -0.2) is 0 Å². The fraction of sp³-hybridized carbons (Fsp3) is 0.500. The Balaban J connectivity index is 3.01. The molecule has 13 heavy (non-hydrogen) atoms. The Morgan fingerprint density at radius 1 is 1.38 bits per heavy atom. The number of benzene rings is 1. The van der Waals surface area contributed by atoms with Crippen LogP contribution < -0.4 is 5.73 Å². The summed E-state index contributed by atoms with van der Waals surface area (Å²) in [5.41, 5.74) is 7.33. The number of hydrogen-bond donors (Lipinski definition) is 1. The van der Waals surface area contributed by atoms with Crippen molar-refractivity contribution in [3.05, 3.63) is 35.9 Å². The third-order valence-corrected chi connectivity index (χ3v) is 3.06. The zero-order chi connectivity index (χ0) is 9.73. The molecule has 1 heteroatoms. The smallest absolute Gasteiger partial charge is 0.00705 e. The predicted octanol–water partition coefficient (Wildman–Crippen LogP) is 2.50. The first-order valence-corrected chi connectivity index (χ1v) is 4.95. The molecule has 0 atom stereocenters. The normalized spacial score (nSPS) is 11.6. The van der Waals surface area contributed by atoms with Crippen LogP contribution in [0.5, 0.6) is 0 Å². The molecule has 1 nitrogen and oxygen atoms in total. The van der Waals surface area contributed by atoms with E-state index in [1.54, 1.807) is 0 Å². The summed E-state index contributed by atoms with van der Waals surface area (Å²) < 4.78 is 0. The van der Waals surface area contributed by atoms with Gasteiger partial charge in [0.25, 0.3) is 0 Å². The van der Waals surface area contributed by atoms with E-state index in [-0.39, 0.29) is 5.41 Å². The molecular formula is C12H18N. The van der Waals surface area contributed by atoms with Gasteiger partial charge in [-0.3, -0.25) is 0 Å². The van der Waals surface area contributed by atoms with Gasteiger partial charge in [0.15, 0.2) is 0 Å². The molecule has 2 N–H and O–H groups in total. The summed E-state index contributed by atoms with van der Waals surface area (Å²) >= 11 is 0. The van der Waals surface area contributed by atoms with Crippen LogP contribution in [0.15, 0.2) is 24.3 Å². The standard InChI is InChI=1S/C12H18N/c1-3-12(4-2,10-13)11-8-6-5-7-9-11/h5-6,8-9H,3-4,10,13H2,1-2H3. The molecule has 0 amide bonds.